The lowest BCUT2D eigenvalue weighted by Gasteiger charge is -2.17. The zero-order valence-corrected chi connectivity index (χ0v) is 14.0. The number of rotatable bonds is 6. The van der Waals surface area contributed by atoms with Gasteiger partial charge >= 0.3 is 6.01 Å². The first kappa shape index (κ1) is 15.0. The summed E-state index contributed by atoms with van der Waals surface area (Å²) in [4.78, 5) is 14.8. The minimum atomic E-state index is 0.310. The Hall–Kier alpha value is -1.41. The molecule has 0 saturated carbocycles. The summed E-state index contributed by atoms with van der Waals surface area (Å²) in [6.45, 7) is 3.46. The predicted octanol–water partition coefficient (Wildman–Crippen LogP) is 2.77. The first-order valence-corrected chi connectivity index (χ1v) is 7.77. The molecule has 2 rings (SSSR count). The van der Waals surface area contributed by atoms with Gasteiger partial charge in [0, 0.05) is 20.1 Å². The van der Waals surface area contributed by atoms with Crippen molar-refractivity contribution in [3.05, 3.63) is 20.8 Å². The number of ether oxygens (including phenoxy) is 1. The lowest BCUT2D eigenvalue weighted by Crippen LogP contribution is -2.20. The van der Waals surface area contributed by atoms with Crippen LogP contribution in [-0.4, -0.2) is 35.7 Å². The largest absolute Gasteiger partial charge is 0.467 e. The van der Waals surface area contributed by atoms with E-state index >= 15 is 0 Å². The van der Waals surface area contributed by atoms with Gasteiger partial charge in [0.05, 0.1) is 10.9 Å². The molecule has 0 aliphatic rings. The Labute approximate surface area is 130 Å². The highest BCUT2D eigenvalue weighted by Crippen LogP contribution is 2.23. The summed E-state index contributed by atoms with van der Waals surface area (Å²) in [5.74, 6) is 1.10. The molecule has 2 aromatic rings. The van der Waals surface area contributed by atoms with Gasteiger partial charge < -0.3 is 15.0 Å². The van der Waals surface area contributed by atoms with Crippen molar-refractivity contribution in [2.45, 2.75) is 13.5 Å². The van der Waals surface area contributed by atoms with Gasteiger partial charge in [0.25, 0.3) is 0 Å². The molecule has 0 unspecified atom stereocenters. The van der Waals surface area contributed by atoms with Crippen LogP contribution in [0.25, 0.3) is 0 Å². The number of halogens is 1. The van der Waals surface area contributed by atoms with Crippen LogP contribution in [0.2, 0.25) is 0 Å². The van der Waals surface area contributed by atoms with E-state index in [0.29, 0.717) is 17.9 Å². The standard InChI is InChI=1S/C12H16BrN5OS/c1-4-14-10-15-11(17-12(16-10)19-3)18(2)6-8-5-9(13)20-7-8/h5,7H,4,6H2,1-3H3,(H,14,15,16,17). The fraction of sp³-hybridized carbons (Fsp3) is 0.417. The van der Waals surface area contributed by atoms with Gasteiger partial charge in [0.1, 0.15) is 0 Å². The molecule has 1 N–H and O–H groups in total. The van der Waals surface area contributed by atoms with Crippen molar-refractivity contribution in [1.29, 1.82) is 0 Å². The summed E-state index contributed by atoms with van der Waals surface area (Å²) in [6.07, 6.45) is 0. The molecule has 0 bridgehead atoms. The zero-order valence-electron chi connectivity index (χ0n) is 11.6. The number of hydrogen-bond donors (Lipinski definition) is 1. The second-order valence-corrected chi connectivity index (χ2v) is 6.38. The van der Waals surface area contributed by atoms with Crippen molar-refractivity contribution in [3.8, 4) is 6.01 Å². The minimum absolute atomic E-state index is 0.310. The molecule has 0 aliphatic carbocycles. The van der Waals surface area contributed by atoms with Crippen molar-refractivity contribution in [2.75, 3.05) is 30.9 Å². The highest BCUT2D eigenvalue weighted by molar-refractivity contribution is 9.11. The number of nitrogens with zero attached hydrogens (tertiary/aromatic N) is 4. The number of hydrogen-bond acceptors (Lipinski definition) is 7. The van der Waals surface area contributed by atoms with Crippen LogP contribution in [0.4, 0.5) is 11.9 Å². The zero-order chi connectivity index (χ0) is 14.5. The molecule has 108 valence electrons. The summed E-state index contributed by atoms with van der Waals surface area (Å²) in [7, 11) is 3.49. The summed E-state index contributed by atoms with van der Waals surface area (Å²) in [5.41, 5.74) is 1.20. The molecule has 0 amide bonds. The first-order chi connectivity index (χ1) is 9.62. The van der Waals surface area contributed by atoms with Crippen molar-refractivity contribution in [1.82, 2.24) is 15.0 Å². The van der Waals surface area contributed by atoms with E-state index in [4.69, 9.17) is 4.74 Å². The number of thiophene rings is 1. The van der Waals surface area contributed by atoms with E-state index in [1.807, 2.05) is 18.9 Å². The van der Waals surface area contributed by atoms with E-state index in [1.54, 1.807) is 18.4 Å². The van der Waals surface area contributed by atoms with Gasteiger partial charge in [-0.15, -0.1) is 11.3 Å². The Morgan fingerprint density at radius 3 is 2.80 bits per heavy atom. The van der Waals surface area contributed by atoms with Gasteiger partial charge in [-0.05, 0) is 39.9 Å². The van der Waals surface area contributed by atoms with E-state index < -0.39 is 0 Å². The molecule has 2 aromatic heterocycles. The van der Waals surface area contributed by atoms with E-state index in [9.17, 15) is 0 Å². The maximum Gasteiger partial charge on any atom is 0.322 e. The maximum absolute atomic E-state index is 5.11. The van der Waals surface area contributed by atoms with Crippen LogP contribution in [0.3, 0.4) is 0 Å². The van der Waals surface area contributed by atoms with Gasteiger partial charge in [-0.2, -0.15) is 15.0 Å². The third-order valence-corrected chi connectivity index (χ3v) is 4.06. The Kier molecular flexibility index (Phi) is 5.13. The topological polar surface area (TPSA) is 63.2 Å². The van der Waals surface area contributed by atoms with E-state index in [-0.39, 0.29) is 0 Å². The molecule has 0 spiro atoms. The molecule has 0 atom stereocenters. The Morgan fingerprint density at radius 1 is 1.40 bits per heavy atom. The third kappa shape index (κ3) is 3.80. The van der Waals surface area contributed by atoms with Crippen LogP contribution in [-0.2, 0) is 6.54 Å². The van der Waals surface area contributed by atoms with E-state index in [1.165, 1.54) is 5.56 Å². The average molecular weight is 358 g/mol. The Balaban J connectivity index is 2.19. The molecular formula is C12H16BrN5OS. The molecule has 2 heterocycles. The summed E-state index contributed by atoms with van der Waals surface area (Å²) < 4.78 is 6.23. The SMILES string of the molecule is CCNc1nc(OC)nc(N(C)Cc2csc(Br)c2)n1. The van der Waals surface area contributed by atoms with Crippen LogP contribution < -0.4 is 15.0 Å². The van der Waals surface area contributed by atoms with Gasteiger partial charge in [-0.3, -0.25) is 0 Å². The predicted molar refractivity (Wildman–Crippen MR) is 84.7 cm³/mol. The molecule has 0 fully saturated rings. The molecule has 0 radical (unpaired) electrons. The van der Waals surface area contributed by atoms with Gasteiger partial charge in [0.15, 0.2) is 0 Å². The van der Waals surface area contributed by atoms with Gasteiger partial charge in [0.2, 0.25) is 11.9 Å². The van der Waals surface area contributed by atoms with Crippen molar-refractivity contribution >= 4 is 39.2 Å². The summed E-state index contributed by atoms with van der Waals surface area (Å²) in [6, 6.07) is 2.40. The minimum Gasteiger partial charge on any atom is -0.467 e. The lowest BCUT2D eigenvalue weighted by molar-refractivity contribution is 0.379. The summed E-state index contributed by atoms with van der Waals surface area (Å²) >= 11 is 5.12. The van der Waals surface area contributed by atoms with Crippen LogP contribution in [0.15, 0.2) is 15.2 Å². The number of anilines is 2. The molecule has 20 heavy (non-hydrogen) atoms. The second kappa shape index (κ2) is 6.85. The van der Waals surface area contributed by atoms with Gasteiger partial charge in [-0.1, -0.05) is 0 Å². The van der Waals surface area contributed by atoms with Gasteiger partial charge in [-0.25, -0.2) is 0 Å². The first-order valence-electron chi connectivity index (χ1n) is 6.10. The van der Waals surface area contributed by atoms with Crippen LogP contribution in [0.1, 0.15) is 12.5 Å². The molecule has 0 saturated heterocycles. The van der Waals surface area contributed by atoms with Crippen LogP contribution in [0.5, 0.6) is 6.01 Å². The highest BCUT2D eigenvalue weighted by Gasteiger charge is 2.11. The smallest absolute Gasteiger partial charge is 0.322 e. The Morgan fingerprint density at radius 2 is 2.20 bits per heavy atom. The number of aromatic nitrogens is 3. The van der Waals surface area contributed by atoms with Crippen molar-refractivity contribution < 1.29 is 4.74 Å². The molecule has 0 aromatic carbocycles. The quantitative estimate of drug-likeness (QED) is 0.857. The van der Waals surface area contributed by atoms with Crippen molar-refractivity contribution in [2.24, 2.45) is 0 Å². The molecule has 8 heteroatoms. The third-order valence-electron chi connectivity index (χ3n) is 2.50. The fourth-order valence-corrected chi connectivity index (χ4v) is 2.82. The lowest BCUT2D eigenvalue weighted by atomic mass is 10.3. The Bertz CT molecular complexity index is 577. The molecular weight excluding hydrogens is 342 g/mol. The number of methoxy groups -OCH3 is 1. The van der Waals surface area contributed by atoms with Crippen LogP contribution in [0, 0.1) is 0 Å². The number of nitrogens with one attached hydrogen (secondary N) is 1. The maximum atomic E-state index is 5.11. The van der Waals surface area contributed by atoms with Crippen molar-refractivity contribution in [3.63, 3.8) is 0 Å². The normalized spacial score (nSPS) is 10.4. The van der Waals surface area contributed by atoms with E-state index in [0.717, 1.165) is 16.9 Å². The summed E-state index contributed by atoms with van der Waals surface area (Å²) in [5, 5.41) is 5.17. The monoisotopic (exact) mass is 357 g/mol. The fourth-order valence-electron chi connectivity index (χ4n) is 1.62. The second-order valence-electron chi connectivity index (χ2n) is 4.09. The van der Waals surface area contributed by atoms with Crippen LogP contribution >= 0.6 is 27.3 Å². The molecule has 6 nitrogen and oxygen atoms in total. The molecule has 0 aliphatic heterocycles. The average Bonchev–Trinajstić information content (AvgIpc) is 2.84. The highest BCUT2D eigenvalue weighted by atomic mass is 79.9. The van der Waals surface area contributed by atoms with E-state index in [2.05, 4.69) is 47.6 Å².